The number of nitrogens with two attached hydrogens (primary N) is 1. The quantitative estimate of drug-likeness (QED) is 0.575. The molecular weight excluding hydrogens is 252 g/mol. The molecule has 0 aromatic heterocycles. The van der Waals surface area contributed by atoms with E-state index in [0.29, 0.717) is 6.61 Å². The Hall–Kier alpha value is -1.10. The SMILES string of the molecule is CC[NH+]1CCC[C@@H]1C[NH2+]C[C@H](O)COc1ccccc1. The topological polar surface area (TPSA) is 50.5 Å². The van der Waals surface area contributed by atoms with Gasteiger partial charge in [0.2, 0.25) is 0 Å². The summed E-state index contributed by atoms with van der Waals surface area (Å²) in [7, 11) is 0. The second-order valence-electron chi connectivity index (χ2n) is 5.64. The highest BCUT2D eigenvalue weighted by Gasteiger charge is 2.28. The third-order valence-corrected chi connectivity index (χ3v) is 4.16. The molecule has 0 saturated carbocycles. The molecule has 0 amide bonds. The predicted octanol–water partition coefficient (Wildman–Crippen LogP) is -0.943. The summed E-state index contributed by atoms with van der Waals surface area (Å²) >= 11 is 0. The highest BCUT2D eigenvalue weighted by Crippen LogP contribution is 2.08. The number of hydrogen-bond acceptors (Lipinski definition) is 2. The summed E-state index contributed by atoms with van der Waals surface area (Å²) in [5, 5.41) is 12.2. The number of ether oxygens (including phenoxy) is 1. The van der Waals surface area contributed by atoms with Crippen LogP contribution in [0.2, 0.25) is 0 Å². The molecule has 3 atom stereocenters. The minimum Gasteiger partial charge on any atom is -0.491 e. The maximum absolute atomic E-state index is 9.94. The number of aliphatic hydroxyl groups excluding tert-OH is 1. The van der Waals surface area contributed by atoms with Crippen LogP contribution in [-0.4, -0.2) is 50.0 Å². The van der Waals surface area contributed by atoms with Gasteiger partial charge in [-0.2, -0.15) is 0 Å². The normalized spacial score (nSPS) is 23.7. The van der Waals surface area contributed by atoms with Gasteiger partial charge in [-0.25, -0.2) is 0 Å². The van der Waals surface area contributed by atoms with E-state index < -0.39 is 6.10 Å². The first kappa shape index (κ1) is 15.3. The van der Waals surface area contributed by atoms with E-state index in [2.05, 4.69) is 12.2 Å². The summed E-state index contributed by atoms with van der Waals surface area (Å²) in [5.74, 6) is 0.823. The third kappa shape index (κ3) is 4.78. The van der Waals surface area contributed by atoms with Crippen LogP contribution >= 0.6 is 0 Å². The van der Waals surface area contributed by atoms with Crippen LogP contribution in [0.5, 0.6) is 5.75 Å². The molecule has 0 radical (unpaired) electrons. The van der Waals surface area contributed by atoms with E-state index in [9.17, 15) is 5.11 Å². The van der Waals surface area contributed by atoms with Crippen LogP contribution in [0, 0.1) is 0 Å². The van der Waals surface area contributed by atoms with Gasteiger partial charge in [0.25, 0.3) is 0 Å². The van der Waals surface area contributed by atoms with E-state index in [-0.39, 0.29) is 0 Å². The van der Waals surface area contributed by atoms with Crippen molar-refractivity contribution in [1.82, 2.24) is 0 Å². The van der Waals surface area contributed by atoms with Crippen LogP contribution in [0.25, 0.3) is 0 Å². The number of likely N-dealkylation sites (N-methyl/N-ethyl adjacent to an activating group) is 1. The number of hydrogen-bond donors (Lipinski definition) is 3. The van der Waals surface area contributed by atoms with Gasteiger partial charge in [-0.05, 0) is 19.1 Å². The van der Waals surface area contributed by atoms with Crippen molar-refractivity contribution in [2.24, 2.45) is 0 Å². The van der Waals surface area contributed by atoms with Crippen molar-refractivity contribution in [2.75, 3.05) is 32.8 Å². The molecule has 1 unspecified atom stereocenters. The summed E-state index contributed by atoms with van der Waals surface area (Å²) in [6.45, 7) is 7.00. The number of benzene rings is 1. The molecule has 1 aliphatic heterocycles. The second-order valence-corrected chi connectivity index (χ2v) is 5.64. The van der Waals surface area contributed by atoms with E-state index in [1.165, 1.54) is 25.9 Å². The molecule has 1 heterocycles. The molecule has 0 spiro atoms. The van der Waals surface area contributed by atoms with Gasteiger partial charge in [-0.1, -0.05) is 18.2 Å². The number of aliphatic hydroxyl groups is 1. The van der Waals surface area contributed by atoms with Crippen molar-refractivity contribution in [1.29, 1.82) is 0 Å². The van der Waals surface area contributed by atoms with Gasteiger partial charge in [-0.15, -0.1) is 0 Å². The smallest absolute Gasteiger partial charge is 0.137 e. The zero-order valence-corrected chi connectivity index (χ0v) is 12.4. The molecule has 0 aliphatic carbocycles. The third-order valence-electron chi connectivity index (χ3n) is 4.16. The summed E-state index contributed by atoms with van der Waals surface area (Å²) < 4.78 is 5.56. The Morgan fingerprint density at radius 1 is 1.40 bits per heavy atom. The predicted molar refractivity (Wildman–Crippen MR) is 79.0 cm³/mol. The van der Waals surface area contributed by atoms with E-state index >= 15 is 0 Å². The fourth-order valence-electron chi connectivity index (χ4n) is 3.00. The molecule has 20 heavy (non-hydrogen) atoms. The van der Waals surface area contributed by atoms with Crippen molar-refractivity contribution >= 4 is 0 Å². The van der Waals surface area contributed by atoms with Gasteiger partial charge in [0.05, 0.1) is 13.1 Å². The zero-order chi connectivity index (χ0) is 14.2. The zero-order valence-electron chi connectivity index (χ0n) is 12.4. The van der Waals surface area contributed by atoms with Crippen molar-refractivity contribution < 1.29 is 20.1 Å². The van der Waals surface area contributed by atoms with Crippen LogP contribution in [0.1, 0.15) is 19.8 Å². The molecule has 1 aromatic rings. The number of quaternary nitrogens is 2. The molecule has 4 nitrogen and oxygen atoms in total. The first-order chi connectivity index (χ1) is 9.79. The average molecular weight is 280 g/mol. The van der Waals surface area contributed by atoms with Crippen molar-refractivity contribution in [2.45, 2.75) is 31.9 Å². The minimum absolute atomic E-state index is 0.371. The van der Waals surface area contributed by atoms with Crippen LogP contribution in [0.4, 0.5) is 0 Å². The Kier molecular flexibility index (Phi) is 6.30. The van der Waals surface area contributed by atoms with Crippen molar-refractivity contribution in [3.05, 3.63) is 30.3 Å². The number of likely N-dealkylation sites (tertiary alicyclic amines) is 1. The van der Waals surface area contributed by atoms with Crippen molar-refractivity contribution in [3.63, 3.8) is 0 Å². The summed E-state index contributed by atoms with van der Waals surface area (Å²) in [5.41, 5.74) is 0. The lowest BCUT2D eigenvalue weighted by Gasteiger charge is -2.19. The fraction of sp³-hybridized carbons (Fsp3) is 0.625. The Morgan fingerprint density at radius 2 is 2.20 bits per heavy atom. The van der Waals surface area contributed by atoms with Gasteiger partial charge in [-0.3, -0.25) is 0 Å². The maximum Gasteiger partial charge on any atom is 0.137 e. The molecule has 112 valence electrons. The molecule has 1 fully saturated rings. The standard InChI is InChI=1S/C16H26N2O2/c1-2-18-10-6-7-14(18)11-17-12-15(19)13-20-16-8-4-3-5-9-16/h3-5,8-9,14-15,17,19H,2,6-7,10-13H2,1H3/p+2/t14-,15+/m1/s1. The lowest BCUT2D eigenvalue weighted by atomic mass is 10.2. The first-order valence-electron chi connectivity index (χ1n) is 7.81. The molecular formula is C16H28N2O2+2. The van der Waals surface area contributed by atoms with Crippen LogP contribution in [0.3, 0.4) is 0 Å². The minimum atomic E-state index is -0.401. The van der Waals surface area contributed by atoms with Gasteiger partial charge in [0, 0.05) is 12.8 Å². The van der Waals surface area contributed by atoms with Crippen LogP contribution in [-0.2, 0) is 0 Å². The summed E-state index contributed by atoms with van der Waals surface area (Å²) in [4.78, 5) is 1.72. The Labute approximate surface area is 121 Å². The molecule has 1 saturated heterocycles. The lowest BCUT2D eigenvalue weighted by molar-refractivity contribution is -0.924. The van der Waals surface area contributed by atoms with E-state index in [4.69, 9.17) is 4.74 Å². The largest absolute Gasteiger partial charge is 0.491 e. The molecule has 0 bridgehead atoms. The molecule has 1 aromatic carbocycles. The highest BCUT2D eigenvalue weighted by atomic mass is 16.5. The summed E-state index contributed by atoms with van der Waals surface area (Å²) in [6, 6.07) is 10.4. The maximum atomic E-state index is 9.94. The van der Waals surface area contributed by atoms with Crippen LogP contribution in [0.15, 0.2) is 30.3 Å². The van der Waals surface area contributed by atoms with Crippen molar-refractivity contribution in [3.8, 4) is 5.75 Å². The van der Waals surface area contributed by atoms with Crippen LogP contribution < -0.4 is 15.0 Å². The molecule has 4 N–H and O–H groups in total. The van der Waals surface area contributed by atoms with Gasteiger partial charge < -0.3 is 20.1 Å². The Balaban J connectivity index is 1.59. The van der Waals surface area contributed by atoms with Gasteiger partial charge >= 0.3 is 0 Å². The fourth-order valence-corrected chi connectivity index (χ4v) is 3.00. The average Bonchev–Trinajstić information content (AvgIpc) is 2.94. The van der Waals surface area contributed by atoms with Gasteiger partial charge in [0.1, 0.15) is 37.6 Å². The number of rotatable bonds is 8. The highest BCUT2D eigenvalue weighted by molar-refractivity contribution is 5.20. The lowest BCUT2D eigenvalue weighted by Crippen LogP contribution is -3.16. The Morgan fingerprint density at radius 3 is 2.95 bits per heavy atom. The summed E-state index contributed by atoms with van der Waals surface area (Å²) in [6.07, 6.45) is 2.28. The monoisotopic (exact) mass is 280 g/mol. The number of para-hydroxylation sites is 1. The van der Waals surface area contributed by atoms with E-state index in [1.54, 1.807) is 4.90 Å². The molecule has 1 aliphatic rings. The van der Waals surface area contributed by atoms with E-state index in [0.717, 1.165) is 24.9 Å². The Bertz CT molecular complexity index is 372. The number of nitrogens with one attached hydrogen (secondary N) is 1. The van der Waals surface area contributed by atoms with Gasteiger partial charge in [0.15, 0.2) is 0 Å². The van der Waals surface area contributed by atoms with E-state index in [1.807, 2.05) is 30.3 Å². The second kappa shape index (κ2) is 8.25. The molecule has 2 rings (SSSR count). The first-order valence-corrected chi connectivity index (χ1v) is 7.81. The molecule has 4 heteroatoms.